The van der Waals surface area contributed by atoms with Gasteiger partial charge in [-0.15, -0.1) is 11.3 Å². The molecule has 1 aliphatic carbocycles. The van der Waals surface area contributed by atoms with Crippen molar-refractivity contribution < 1.29 is 18.7 Å². The van der Waals surface area contributed by atoms with Crippen LogP contribution in [0.1, 0.15) is 46.3 Å². The van der Waals surface area contributed by atoms with Crippen molar-refractivity contribution in [3.8, 4) is 17.4 Å². The summed E-state index contributed by atoms with van der Waals surface area (Å²) >= 11 is 1.39. The van der Waals surface area contributed by atoms with Gasteiger partial charge in [-0.2, -0.15) is 5.26 Å². The van der Waals surface area contributed by atoms with Gasteiger partial charge < -0.3 is 14.5 Å². The van der Waals surface area contributed by atoms with Crippen LogP contribution in [0.4, 0.5) is 5.00 Å². The Hall–Kier alpha value is -3.63. The number of rotatable bonds is 6. The SMILES string of the molecule is CCOC(=O)c1c(NC(=O)/C(C#N)=C/c2ccc(-c3ccccc3)o2)sc2c1CCCC2. The van der Waals surface area contributed by atoms with Gasteiger partial charge in [0.1, 0.15) is 28.2 Å². The predicted octanol–water partition coefficient (Wildman–Crippen LogP) is 5.61. The Morgan fingerprint density at radius 2 is 1.97 bits per heavy atom. The number of ether oxygens (including phenoxy) is 1. The first kappa shape index (κ1) is 21.6. The minimum atomic E-state index is -0.589. The number of aryl methyl sites for hydroxylation is 1. The molecule has 0 atom stereocenters. The molecule has 6 nitrogen and oxygen atoms in total. The zero-order valence-electron chi connectivity index (χ0n) is 17.6. The molecular weight excluding hydrogens is 424 g/mol. The minimum absolute atomic E-state index is 0.111. The van der Waals surface area contributed by atoms with E-state index in [0.29, 0.717) is 22.1 Å². The van der Waals surface area contributed by atoms with Gasteiger partial charge in [0.2, 0.25) is 0 Å². The average molecular weight is 447 g/mol. The van der Waals surface area contributed by atoms with Gasteiger partial charge >= 0.3 is 5.97 Å². The molecule has 0 spiro atoms. The first-order valence-corrected chi connectivity index (χ1v) is 11.3. The lowest BCUT2D eigenvalue weighted by atomic mass is 9.95. The second-order valence-corrected chi connectivity index (χ2v) is 8.43. The molecule has 0 bridgehead atoms. The quantitative estimate of drug-likeness (QED) is 0.302. The topological polar surface area (TPSA) is 92.3 Å². The van der Waals surface area contributed by atoms with Crippen molar-refractivity contribution in [1.82, 2.24) is 0 Å². The molecule has 0 radical (unpaired) electrons. The highest BCUT2D eigenvalue weighted by Gasteiger charge is 2.27. The van der Waals surface area contributed by atoms with Crippen molar-refractivity contribution in [2.24, 2.45) is 0 Å². The Labute approximate surface area is 190 Å². The van der Waals surface area contributed by atoms with Crippen LogP contribution >= 0.6 is 11.3 Å². The summed E-state index contributed by atoms with van der Waals surface area (Å²) in [4.78, 5) is 26.6. The highest BCUT2D eigenvalue weighted by Crippen LogP contribution is 2.38. The fourth-order valence-corrected chi connectivity index (χ4v) is 4.99. The first-order valence-electron chi connectivity index (χ1n) is 10.5. The van der Waals surface area contributed by atoms with E-state index in [-0.39, 0.29) is 12.2 Å². The van der Waals surface area contributed by atoms with Crippen molar-refractivity contribution in [3.05, 3.63) is 69.8 Å². The fraction of sp³-hybridized carbons (Fsp3) is 0.240. The van der Waals surface area contributed by atoms with Crippen molar-refractivity contribution >= 4 is 34.3 Å². The maximum atomic E-state index is 12.9. The predicted molar refractivity (Wildman–Crippen MR) is 123 cm³/mol. The molecule has 0 saturated carbocycles. The van der Waals surface area contributed by atoms with Crippen molar-refractivity contribution in [1.29, 1.82) is 5.26 Å². The molecule has 0 unspecified atom stereocenters. The van der Waals surface area contributed by atoms with Crippen molar-refractivity contribution in [2.45, 2.75) is 32.6 Å². The van der Waals surface area contributed by atoms with Gasteiger partial charge in [0, 0.05) is 16.5 Å². The van der Waals surface area contributed by atoms with E-state index in [9.17, 15) is 14.9 Å². The average Bonchev–Trinajstić information content (AvgIpc) is 3.42. The zero-order valence-corrected chi connectivity index (χ0v) is 18.5. The maximum Gasteiger partial charge on any atom is 0.341 e. The Bertz CT molecular complexity index is 1210. The summed E-state index contributed by atoms with van der Waals surface area (Å²) < 4.78 is 11.0. The lowest BCUT2D eigenvalue weighted by Crippen LogP contribution is -2.16. The van der Waals surface area contributed by atoms with Crippen LogP contribution in [-0.2, 0) is 22.4 Å². The standard InChI is InChI=1S/C25H22N2O4S/c1-2-30-25(29)22-19-10-6-7-11-21(19)32-24(22)27-23(28)17(15-26)14-18-12-13-20(31-18)16-8-4-3-5-9-16/h3-5,8-9,12-14H,2,6-7,10-11H2,1H3,(H,27,28)/b17-14+. The Morgan fingerprint density at radius 3 is 2.72 bits per heavy atom. The minimum Gasteiger partial charge on any atom is -0.462 e. The zero-order chi connectivity index (χ0) is 22.5. The smallest absolute Gasteiger partial charge is 0.341 e. The van der Waals surface area contributed by atoms with E-state index in [1.807, 2.05) is 36.4 Å². The van der Waals surface area contributed by atoms with Gasteiger partial charge in [0.05, 0.1) is 12.2 Å². The number of esters is 1. The van der Waals surface area contributed by atoms with Gasteiger partial charge in [-0.1, -0.05) is 30.3 Å². The van der Waals surface area contributed by atoms with Gasteiger partial charge in [0.15, 0.2) is 0 Å². The van der Waals surface area contributed by atoms with E-state index >= 15 is 0 Å². The van der Waals surface area contributed by atoms with Crippen molar-refractivity contribution in [2.75, 3.05) is 11.9 Å². The fourth-order valence-electron chi connectivity index (χ4n) is 3.72. The van der Waals surface area contributed by atoms with Crippen molar-refractivity contribution in [3.63, 3.8) is 0 Å². The molecule has 7 heteroatoms. The number of amides is 1. The number of nitrogens with one attached hydrogen (secondary N) is 1. The van der Waals surface area contributed by atoms with E-state index in [1.54, 1.807) is 19.1 Å². The number of thiophene rings is 1. The van der Waals surface area contributed by atoms with E-state index in [1.165, 1.54) is 17.4 Å². The van der Waals surface area contributed by atoms with Gasteiger partial charge in [-0.25, -0.2) is 4.79 Å². The maximum absolute atomic E-state index is 12.9. The Kier molecular flexibility index (Phi) is 6.52. The highest BCUT2D eigenvalue weighted by molar-refractivity contribution is 7.17. The molecule has 3 aromatic rings. The summed E-state index contributed by atoms with van der Waals surface area (Å²) in [6.07, 6.45) is 5.10. The molecule has 32 heavy (non-hydrogen) atoms. The lowest BCUT2D eigenvalue weighted by molar-refractivity contribution is -0.112. The molecule has 1 N–H and O–H groups in total. The van der Waals surface area contributed by atoms with Crippen LogP contribution in [-0.4, -0.2) is 18.5 Å². The molecule has 0 saturated heterocycles. The third kappa shape index (κ3) is 4.51. The van der Waals surface area contributed by atoms with E-state index in [2.05, 4.69) is 5.32 Å². The number of hydrogen-bond donors (Lipinski definition) is 1. The summed E-state index contributed by atoms with van der Waals surface area (Å²) in [6, 6.07) is 15.0. The van der Waals surface area contributed by atoms with Gasteiger partial charge in [-0.05, 0) is 50.3 Å². The molecular formula is C25H22N2O4S. The number of fused-ring (bicyclic) bond motifs is 1. The Morgan fingerprint density at radius 1 is 1.19 bits per heavy atom. The summed E-state index contributed by atoms with van der Waals surface area (Å²) in [5, 5.41) is 12.8. The van der Waals surface area contributed by atoms with Crippen LogP contribution < -0.4 is 5.32 Å². The van der Waals surface area contributed by atoms with E-state index in [4.69, 9.17) is 9.15 Å². The number of carbonyl (C=O) groups excluding carboxylic acids is 2. The molecule has 1 aliphatic rings. The van der Waals surface area contributed by atoms with E-state index in [0.717, 1.165) is 41.7 Å². The number of furan rings is 1. The number of nitrogens with zero attached hydrogens (tertiary/aromatic N) is 1. The summed E-state index contributed by atoms with van der Waals surface area (Å²) in [7, 11) is 0. The van der Waals surface area contributed by atoms with Crippen LogP contribution in [0.5, 0.6) is 0 Å². The molecule has 1 amide bonds. The number of benzene rings is 1. The summed E-state index contributed by atoms with van der Waals surface area (Å²) in [5.74, 6) is 0.00857. The molecule has 0 aliphatic heterocycles. The summed E-state index contributed by atoms with van der Waals surface area (Å²) in [5.41, 5.74) is 2.16. The Balaban J connectivity index is 1.59. The second kappa shape index (κ2) is 9.67. The molecule has 2 aromatic heterocycles. The third-order valence-corrected chi connectivity index (χ3v) is 6.42. The normalized spacial score (nSPS) is 13.2. The number of carbonyl (C=O) groups is 2. The second-order valence-electron chi connectivity index (χ2n) is 7.33. The van der Waals surface area contributed by atoms with E-state index < -0.39 is 11.9 Å². The molecule has 2 heterocycles. The number of anilines is 1. The van der Waals surface area contributed by atoms with Crippen LogP contribution in [0.2, 0.25) is 0 Å². The number of hydrogen-bond acceptors (Lipinski definition) is 6. The number of nitriles is 1. The van der Waals surface area contributed by atoms with Gasteiger partial charge in [-0.3, -0.25) is 4.79 Å². The third-order valence-electron chi connectivity index (χ3n) is 5.21. The largest absolute Gasteiger partial charge is 0.462 e. The van der Waals surface area contributed by atoms with Crippen LogP contribution in [0, 0.1) is 11.3 Å². The first-order chi connectivity index (χ1) is 15.6. The molecule has 1 aromatic carbocycles. The monoisotopic (exact) mass is 446 g/mol. The molecule has 4 rings (SSSR count). The van der Waals surface area contributed by atoms with Crippen LogP contribution in [0.25, 0.3) is 17.4 Å². The van der Waals surface area contributed by atoms with Crippen LogP contribution in [0.3, 0.4) is 0 Å². The lowest BCUT2D eigenvalue weighted by Gasteiger charge is -2.12. The van der Waals surface area contributed by atoms with Gasteiger partial charge in [0.25, 0.3) is 5.91 Å². The molecule has 0 fully saturated rings. The highest BCUT2D eigenvalue weighted by atomic mass is 32.1. The molecule has 162 valence electrons. The van der Waals surface area contributed by atoms with Crippen LogP contribution in [0.15, 0.2) is 52.5 Å². The summed E-state index contributed by atoms with van der Waals surface area (Å²) in [6.45, 7) is 2.00.